The van der Waals surface area contributed by atoms with E-state index in [4.69, 9.17) is 4.98 Å². The number of rotatable bonds is 3. The van der Waals surface area contributed by atoms with Gasteiger partial charge in [-0.2, -0.15) is 0 Å². The highest BCUT2D eigenvalue weighted by atomic mass is 32.1. The van der Waals surface area contributed by atoms with Gasteiger partial charge in [-0.3, -0.25) is 0 Å². The summed E-state index contributed by atoms with van der Waals surface area (Å²) in [4.78, 5) is 6.19. The summed E-state index contributed by atoms with van der Waals surface area (Å²) in [5.41, 5.74) is 3.84. The molecule has 2 aromatic rings. The Kier molecular flexibility index (Phi) is 3.18. The molecule has 0 atom stereocenters. The van der Waals surface area contributed by atoms with Gasteiger partial charge in [-0.1, -0.05) is 31.2 Å². The fraction of sp³-hybridized carbons (Fsp3) is 0.400. The summed E-state index contributed by atoms with van der Waals surface area (Å²) < 4.78 is 0. The molecule has 1 aliphatic heterocycles. The predicted octanol–water partition coefficient (Wildman–Crippen LogP) is 3.37. The molecule has 1 aliphatic rings. The Morgan fingerprint density at radius 2 is 2.00 bits per heavy atom. The van der Waals surface area contributed by atoms with Crippen LogP contribution in [0, 0.1) is 6.92 Å². The number of hydrogen-bond acceptors (Lipinski definition) is 3. The smallest absolute Gasteiger partial charge is 0.123 e. The lowest BCUT2D eigenvalue weighted by atomic mass is 10.0. The minimum absolute atomic E-state index is 0.686. The van der Waals surface area contributed by atoms with E-state index in [1.807, 2.05) is 11.3 Å². The van der Waals surface area contributed by atoms with Crippen molar-refractivity contribution >= 4 is 11.3 Å². The largest absolute Gasteiger partial charge is 0.315 e. The van der Waals surface area contributed by atoms with E-state index in [0.717, 1.165) is 24.5 Å². The van der Waals surface area contributed by atoms with E-state index in [9.17, 15) is 0 Å². The fourth-order valence-electron chi connectivity index (χ4n) is 2.27. The summed E-state index contributed by atoms with van der Waals surface area (Å²) in [6, 6.07) is 8.80. The molecule has 1 fully saturated rings. The standard InChI is InChI=1S/C15H18N2S/c1-3-11-4-6-12(7-5-11)15-17-10(2)14(18-15)13-8-16-9-13/h4-7,13,16H,3,8-9H2,1-2H3. The molecule has 0 amide bonds. The van der Waals surface area contributed by atoms with E-state index in [2.05, 4.69) is 43.4 Å². The number of hydrogen-bond donors (Lipinski definition) is 1. The van der Waals surface area contributed by atoms with Crippen LogP contribution < -0.4 is 5.32 Å². The second-order valence-corrected chi connectivity index (χ2v) is 5.90. The molecule has 94 valence electrons. The van der Waals surface area contributed by atoms with E-state index in [-0.39, 0.29) is 0 Å². The number of nitrogens with zero attached hydrogens (tertiary/aromatic N) is 1. The van der Waals surface area contributed by atoms with Crippen LogP contribution in [-0.2, 0) is 6.42 Å². The summed E-state index contributed by atoms with van der Waals surface area (Å²) in [5, 5.41) is 4.49. The molecule has 2 heterocycles. The minimum Gasteiger partial charge on any atom is -0.315 e. The Morgan fingerprint density at radius 3 is 2.56 bits per heavy atom. The van der Waals surface area contributed by atoms with Crippen molar-refractivity contribution in [2.24, 2.45) is 0 Å². The number of aromatic nitrogens is 1. The average molecular weight is 258 g/mol. The van der Waals surface area contributed by atoms with Crippen LogP contribution >= 0.6 is 11.3 Å². The van der Waals surface area contributed by atoms with Crippen LogP contribution in [0.25, 0.3) is 10.6 Å². The predicted molar refractivity (Wildman–Crippen MR) is 77.3 cm³/mol. The Morgan fingerprint density at radius 1 is 1.28 bits per heavy atom. The van der Waals surface area contributed by atoms with Crippen LogP contribution in [0.15, 0.2) is 24.3 Å². The second kappa shape index (κ2) is 4.82. The molecule has 0 saturated carbocycles. The quantitative estimate of drug-likeness (QED) is 0.913. The van der Waals surface area contributed by atoms with Crippen molar-refractivity contribution in [3.63, 3.8) is 0 Å². The van der Waals surface area contributed by atoms with E-state index < -0.39 is 0 Å². The van der Waals surface area contributed by atoms with E-state index in [0.29, 0.717) is 5.92 Å². The molecule has 1 aromatic heterocycles. The summed E-state index contributed by atoms with van der Waals surface area (Å²) in [6.45, 7) is 6.53. The summed E-state index contributed by atoms with van der Waals surface area (Å²) in [7, 11) is 0. The van der Waals surface area contributed by atoms with Crippen molar-refractivity contribution in [1.82, 2.24) is 10.3 Å². The zero-order valence-corrected chi connectivity index (χ0v) is 11.7. The Balaban J connectivity index is 1.90. The molecule has 18 heavy (non-hydrogen) atoms. The van der Waals surface area contributed by atoms with Crippen molar-refractivity contribution in [3.05, 3.63) is 40.4 Å². The zero-order valence-electron chi connectivity index (χ0n) is 10.9. The van der Waals surface area contributed by atoms with Gasteiger partial charge in [0.15, 0.2) is 0 Å². The maximum absolute atomic E-state index is 4.73. The number of thiazole rings is 1. The van der Waals surface area contributed by atoms with Crippen LogP contribution in [0.4, 0.5) is 0 Å². The highest BCUT2D eigenvalue weighted by Crippen LogP contribution is 2.34. The Bertz CT molecular complexity index is 538. The van der Waals surface area contributed by atoms with Crippen molar-refractivity contribution < 1.29 is 0 Å². The van der Waals surface area contributed by atoms with Gasteiger partial charge in [0.25, 0.3) is 0 Å². The third-order valence-corrected chi connectivity index (χ3v) is 4.96. The van der Waals surface area contributed by atoms with Gasteiger partial charge in [0.1, 0.15) is 5.01 Å². The van der Waals surface area contributed by atoms with Gasteiger partial charge in [-0.25, -0.2) is 4.98 Å². The maximum atomic E-state index is 4.73. The van der Waals surface area contributed by atoms with Crippen LogP contribution in [0.2, 0.25) is 0 Å². The van der Waals surface area contributed by atoms with Gasteiger partial charge in [0.05, 0.1) is 5.69 Å². The highest BCUT2D eigenvalue weighted by Gasteiger charge is 2.24. The van der Waals surface area contributed by atoms with Crippen LogP contribution in [0.3, 0.4) is 0 Å². The van der Waals surface area contributed by atoms with Gasteiger partial charge in [0.2, 0.25) is 0 Å². The highest BCUT2D eigenvalue weighted by molar-refractivity contribution is 7.15. The van der Waals surface area contributed by atoms with Crippen molar-refractivity contribution in [2.45, 2.75) is 26.2 Å². The van der Waals surface area contributed by atoms with E-state index >= 15 is 0 Å². The summed E-state index contributed by atoms with van der Waals surface area (Å²) in [6.07, 6.45) is 1.09. The topological polar surface area (TPSA) is 24.9 Å². The second-order valence-electron chi connectivity index (χ2n) is 4.87. The summed E-state index contributed by atoms with van der Waals surface area (Å²) in [5.74, 6) is 0.686. The monoisotopic (exact) mass is 258 g/mol. The van der Waals surface area contributed by atoms with E-state index in [1.165, 1.54) is 21.7 Å². The molecule has 3 heteroatoms. The molecule has 1 saturated heterocycles. The van der Waals surface area contributed by atoms with Gasteiger partial charge in [-0.15, -0.1) is 11.3 Å². The molecular formula is C15H18N2S. The molecule has 0 unspecified atom stereocenters. The van der Waals surface area contributed by atoms with Gasteiger partial charge in [0, 0.05) is 29.4 Å². The first kappa shape index (κ1) is 11.9. The van der Waals surface area contributed by atoms with Crippen molar-refractivity contribution in [2.75, 3.05) is 13.1 Å². The molecule has 1 aromatic carbocycles. The molecule has 2 nitrogen and oxygen atoms in total. The third kappa shape index (κ3) is 2.08. The van der Waals surface area contributed by atoms with Crippen molar-refractivity contribution in [1.29, 1.82) is 0 Å². The molecular weight excluding hydrogens is 240 g/mol. The first-order chi connectivity index (χ1) is 8.78. The molecule has 0 radical (unpaired) electrons. The SMILES string of the molecule is CCc1ccc(-c2nc(C)c(C3CNC3)s2)cc1. The Labute approximate surface area is 112 Å². The van der Waals surface area contributed by atoms with Crippen LogP contribution in [0.1, 0.15) is 29.0 Å². The number of nitrogens with one attached hydrogen (secondary N) is 1. The fourth-order valence-corrected chi connectivity index (χ4v) is 3.44. The molecule has 3 rings (SSSR count). The lowest BCUT2D eigenvalue weighted by Crippen LogP contribution is -2.39. The number of benzene rings is 1. The lowest BCUT2D eigenvalue weighted by molar-refractivity contribution is 0.452. The zero-order chi connectivity index (χ0) is 12.5. The molecule has 0 spiro atoms. The molecule has 1 N–H and O–H groups in total. The third-order valence-electron chi connectivity index (χ3n) is 3.59. The van der Waals surface area contributed by atoms with Crippen LogP contribution in [-0.4, -0.2) is 18.1 Å². The average Bonchev–Trinajstić information content (AvgIpc) is 2.70. The summed E-state index contributed by atoms with van der Waals surface area (Å²) >= 11 is 1.86. The molecule has 0 aliphatic carbocycles. The lowest BCUT2D eigenvalue weighted by Gasteiger charge is -2.26. The first-order valence-corrected chi connectivity index (χ1v) is 7.37. The number of aryl methyl sites for hydroxylation is 2. The van der Waals surface area contributed by atoms with E-state index in [1.54, 1.807) is 0 Å². The van der Waals surface area contributed by atoms with Crippen molar-refractivity contribution in [3.8, 4) is 10.6 Å². The van der Waals surface area contributed by atoms with Gasteiger partial charge >= 0.3 is 0 Å². The first-order valence-electron chi connectivity index (χ1n) is 6.55. The van der Waals surface area contributed by atoms with Crippen LogP contribution in [0.5, 0.6) is 0 Å². The normalized spacial score (nSPS) is 15.7. The van der Waals surface area contributed by atoms with Gasteiger partial charge < -0.3 is 5.32 Å². The molecule has 0 bridgehead atoms. The minimum atomic E-state index is 0.686. The maximum Gasteiger partial charge on any atom is 0.123 e. The van der Waals surface area contributed by atoms with Gasteiger partial charge in [-0.05, 0) is 18.9 Å². The Hall–Kier alpha value is -1.19.